The largest absolute Gasteiger partial charge is 0.0883 e. The molecule has 2 atom stereocenters. The average molecular weight is 166 g/mol. The van der Waals surface area contributed by atoms with Gasteiger partial charge >= 0.3 is 0 Å². The molecule has 0 aromatic heterocycles. The van der Waals surface area contributed by atoms with E-state index in [0.29, 0.717) is 0 Å². The molecule has 0 aliphatic heterocycles. The van der Waals surface area contributed by atoms with Crippen LogP contribution >= 0.6 is 0 Å². The van der Waals surface area contributed by atoms with Crippen molar-refractivity contribution in [1.29, 1.82) is 0 Å². The predicted octanol–water partition coefficient (Wildman–Crippen LogP) is 4.17. The summed E-state index contributed by atoms with van der Waals surface area (Å²) in [7, 11) is 0. The van der Waals surface area contributed by atoms with Crippen molar-refractivity contribution in [2.24, 2.45) is 11.8 Å². The van der Waals surface area contributed by atoms with Crippen molar-refractivity contribution in [2.75, 3.05) is 0 Å². The van der Waals surface area contributed by atoms with Gasteiger partial charge in [-0.1, -0.05) is 51.7 Å². The summed E-state index contributed by atoms with van der Waals surface area (Å²) in [4.78, 5) is 0. The Morgan fingerprint density at radius 2 is 2.17 bits per heavy atom. The van der Waals surface area contributed by atoms with E-state index in [2.05, 4.69) is 26.0 Å². The van der Waals surface area contributed by atoms with Gasteiger partial charge in [-0.3, -0.25) is 0 Å². The molecule has 0 radical (unpaired) electrons. The summed E-state index contributed by atoms with van der Waals surface area (Å²) < 4.78 is 0. The van der Waals surface area contributed by atoms with Crippen molar-refractivity contribution in [2.45, 2.75) is 52.4 Å². The minimum Gasteiger partial charge on any atom is -0.0883 e. The van der Waals surface area contributed by atoms with Crippen LogP contribution in [0.4, 0.5) is 0 Å². The molecule has 1 aliphatic rings. The van der Waals surface area contributed by atoms with Crippen LogP contribution in [-0.4, -0.2) is 0 Å². The maximum Gasteiger partial charge on any atom is -0.0208 e. The van der Waals surface area contributed by atoms with Gasteiger partial charge in [0.25, 0.3) is 0 Å². The highest BCUT2D eigenvalue weighted by Crippen LogP contribution is 2.32. The Kier molecular flexibility index (Phi) is 4.42. The lowest BCUT2D eigenvalue weighted by Crippen LogP contribution is -1.98. The van der Waals surface area contributed by atoms with Gasteiger partial charge in [-0.15, -0.1) is 0 Å². The van der Waals surface area contributed by atoms with E-state index in [1.54, 1.807) is 0 Å². The zero-order chi connectivity index (χ0) is 8.81. The van der Waals surface area contributed by atoms with Crippen molar-refractivity contribution in [3.63, 3.8) is 0 Å². The van der Waals surface area contributed by atoms with Crippen LogP contribution in [0.1, 0.15) is 52.4 Å². The fourth-order valence-corrected chi connectivity index (χ4v) is 2.05. The Morgan fingerprint density at radius 1 is 1.33 bits per heavy atom. The molecule has 1 saturated carbocycles. The molecule has 1 rings (SSSR count). The molecule has 0 amide bonds. The first-order valence-electron chi connectivity index (χ1n) is 5.51. The second-order valence-corrected chi connectivity index (χ2v) is 4.14. The summed E-state index contributed by atoms with van der Waals surface area (Å²) in [5, 5.41) is 0. The summed E-state index contributed by atoms with van der Waals surface area (Å²) in [6, 6.07) is 0. The van der Waals surface area contributed by atoms with E-state index >= 15 is 0 Å². The molecule has 0 unspecified atom stereocenters. The highest BCUT2D eigenvalue weighted by atomic mass is 14.2. The average Bonchev–Trinajstić information content (AvgIpc) is 2.46. The van der Waals surface area contributed by atoms with E-state index < -0.39 is 0 Å². The summed E-state index contributed by atoms with van der Waals surface area (Å²) in [6.45, 7) is 4.65. The van der Waals surface area contributed by atoms with Crippen LogP contribution in [0.2, 0.25) is 0 Å². The van der Waals surface area contributed by atoms with Gasteiger partial charge in [0.05, 0.1) is 0 Å². The van der Waals surface area contributed by atoms with Gasteiger partial charge in [-0.25, -0.2) is 0 Å². The van der Waals surface area contributed by atoms with Crippen molar-refractivity contribution in [3.05, 3.63) is 12.2 Å². The Morgan fingerprint density at radius 3 is 2.75 bits per heavy atom. The SMILES string of the molecule is CCCC/C=C\[C@@H]1CCC[C@H]1C. The van der Waals surface area contributed by atoms with E-state index in [9.17, 15) is 0 Å². The molecule has 1 aliphatic carbocycles. The van der Waals surface area contributed by atoms with Gasteiger partial charge < -0.3 is 0 Å². The molecule has 0 nitrogen and oxygen atoms in total. The second-order valence-electron chi connectivity index (χ2n) is 4.14. The van der Waals surface area contributed by atoms with Crippen LogP contribution in [0.3, 0.4) is 0 Å². The van der Waals surface area contributed by atoms with E-state index in [0.717, 1.165) is 11.8 Å². The molecule has 0 heterocycles. The first kappa shape index (κ1) is 9.83. The molecule has 0 bridgehead atoms. The second kappa shape index (κ2) is 5.40. The molecule has 0 spiro atoms. The third-order valence-corrected chi connectivity index (χ3v) is 3.04. The highest BCUT2D eigenvalue weighted by Gasteiger charge is 2.19. The van der Waals surface area contributed by atoms with Gasteiger partial charge in [0, 0.05) is 0 Å². The first-order chi connectivity index (χ1) is 5.84. The smallest absolute Gasteiger partial charge is 0.0208 e. The number of hydrogen-bond donors (Lipinski definition) is 0. The Hall–Kier alpha value is -0.260. The quantitative estimate of drug-likeness (QED) is 0.434. The van der Waals surface area contributed by atoms with Gasteiger partial charge in [0.15, 0.2) is 0 Å². The van der Waals surface area contributed by atoms with Crippen molar-refractivity contribution in [1.82, 2.24) is 0 Å². The lowest BCUT2D eigenvalue weighted by molar-refractivity contribution is 0.502. The van der Waals surface area contributed by atoms with Gasteiger partial charge in [0.2, 0.25) is 0 Å². The fraction of sp³-hybridized carbons (Fsp3) is 0.833. The van der Waals surface area contributed by atoms with Crippen LogP contribution in [0.25, 0.3) is 0 Å². The number of rotatable bonds is 4. The van der Waals surface area contributed by atoms with E-state index in [-0.39, 0.29) is 0 Å². The Balaban J connectivity index is 2.16. The van der Waals surface area contributed by atoms with Crippen molar-refractivity contribution < 1.29 is 0 Å². The molecule has 0 aromatic rings. The van der Waals surface area contributed by atoms with E-state index in [1.807, 2.05) is 0 Å². The zero-order valence-corrected chi connectivity index (χ0v) is 8.55. The molecule has 12 heavy (non-hydrogen) atoms. The minimum absolute atomic E-state index is 0.904. The Bertz CT molecular complexity index is 135. The fourth-order valence-electron chi connectivity index (χ4n) is 2.05. The van der Waals surface area contributed by atoms with Crippen LogP contribution in [0.15, 0.2) is 12.2 Å². The van der Waals surface area contributed by atoms with E-state index in [1.165, 1.54) is 38.5 Å². The monoisotopic (exact) mass is 166 g/mol. The minimum atomic E-state index is 0.904. The molecule has 1 fully saturated rings. The zero-order valence-electron chi connectivity index (χ0n) is 8.55. The summed E-state index contributed by atoms with van der Waals surface area (Å²) in [5.74, 6) is 1.85. The molecule has 0 N–H and O–H groups in total. The normalized spacial score (nSPS) is 30.2. The van der Waals surface area contributed by atoms with Gasteiger partial charge in [-0.2, -0.15) is 0 Å². The van der Waals surface area contributed by atoms with Crippen LogP contribution in [0, 0.1) is 11.8 Å². The van der Waals surface area contributed by atoms with E-state index in [4.69, 9.17) is 0 Å². The van der Waals surface area contributed by atoms with Crippen LogP contribution in [0.5, 0.6) is 0 Å². The maximum absolute atomic E-state index is 2.47. The maximum atomic E-state index is 2.47. The summed E-state index contributed by atoms with van der Waals surface area (Å²) in [6.07, 6.45) is 13.2. The topological polar surface area (TPSA) is 0 Å². The first-order valence-corrected chi connectivity index (χ1v) is 5.51. The number of allylic oxidation sites excluding steroid dienone is 2. The standard InChI is InChI=1S/C12H22/c1-3-4-5-6-9-12-10-7-8-11(12)2/h6,9,11-12H,3-5,7-8,10H2,1-2H3/b9-6-/t11-,12-/m1/s1. The molecule has 0 heteroatoms. The third kappa shape index (κ3) is 3.00. The lowest BCUT2D eigenvalue weighted by atomic mass is 9.97. The number of unbranched alkanes of at least 4 members (excludes halogenated alkanes) is 2. The van der Waals surface area contributed by atoms with Gasteiger partial charge in [-0.05, 0) is 24.7 Å². The molecule has 0 aromatic carbocycles. The van der Waals surface area contributed by atoms with Crippen LogP contribution < -0.4 is 0 Å². The van der Waals surface area contributed by atoms with Crippen molar-refractivity contribution >= 4 is 0 Å². The van der Waals surface area contributed by atoms with Crippen molar-refractivity contribution in [3.8, 4) is 0 Å². The summed E-state index contributed by atoms with van der Waals surface area (Å²) in [5.41, 5.74) is 0. The molecular weight excluding hydrogens is 144 g/mol. The number of hydrogen-bond acceptors (Lipinski definition) is 0. The van der Waals surface area contributed by atoms with Crippen LogP contribution in [-0.2, 0) is 0 Å². The third-order valence-electron chi connectivity index (χ3n) is 3.04. The van der Waals surface area contributed by atoms with Gasteiger partial charge in [0.1, 0.15) is 0 Å². The molecular formula is C12H22. The molecule has 0 saturated heterocycles. The lowest BCUT2D eigenvalue weighted by Gasteiger charge is -2.08. The summed E-state index contributed by atoms with van der Waals surface area (Å²) >= 11 is 0. The highest BCUT2D eigenvalue weighted by molar-refractivity contribution is 4.93. The molecule has 70 valence electrons. The predicted molar refractivity (Wildman–Crippen MR) is 55.2 cm³/mol. The Labute approximate surface area is 77.1 Å².